The first kappa shape index (κ1) is 17.7. The minimum Gasteiger partial charge on any atom is -0.348 e. The molecule has 0 radical (unpaired) electrons. The van der Waals surface area contributed by atoms with Crippen LogP contribution in [0.25, 0.3) is 6.08 Å². The standard InChI is InChI=1S/C20H24N2O2/c1-13(2)17-8-5-16(6-9-17)7-10-19(23)21-12-18-14(3)11-15(4)22-20(18)24/h5-11,13H,12H2,1-4H3,(H,21,23)(H,22,24)/b10-7+. The summed E-state index contributed by atoms with van der Waals surface area (Å²) in [6.07, 6.45) is 3.26. The Kier molecular flexibility index (Phi) is 5.74. The lowest BCUT2D eigenvalue weighted by Crippen LogP contribution is -2.26. The van der Waals surface area contributed by atoms with E-state index in [-0.39, 0.29) is 18.0 Å². The van der Waals surface area contributed by atoms with Crippen LogP contribution < -0.4 is 10.9 Å². The Labute approximate surface area is 142 Å². The number of amides is 1. The molecule has 0 bridgehead atoms. The Hall–Kier alpha value is -2.62. The summed E-state index contributed by atoms with van der Waals surface area (Å²) in [6.45, 7) is 8.22. The van der Waals surface area contributed by atoms with Gasteiger partial charge in [0.15, 0.2) is 0 Å². The van der Waals surface area contributed by atoms with E-state index in [1.54, 1.807) is 6.08 Å². The van der Waals surface area contributed by atoms with Crippen molar-refractivity contribution >= 4 is 12.0 Å². The lowest BCUT2D eigenvalue weighted by Gasteiger charge is -2.07. The van der Waals surface area contributed by atoms with E-state index in [4.69, 9.17) is 0 Å². The van der Waals surface area contributed by atoms with Crippen molar-refractivity contribution in [3.8, 4) is 0 Å². The molecular weight excluding hydrogens is 300 g/mol. The van der Waals surface area contributed by atoms with Gasteiger partial charge in [-0.05, 0) is 48.6 Å². The van der Waals surface area contributed by atoms with Gasteiger partial charge in [0.2, 0.25) is 5.91 Å². The second kappa shape index (κ2) is 7.77. The van der Waals surface area contributed by atoms with Crippen molar-refractivity contribution < 1.29 is 4.79 Å². The van der Waals surface area contributed by atoms with Gasteiger partial charge in [-0.3, -0.25) is 9.59 Å². The highest BCUT2D eigenvalue weighted by molar-refractivity contribution is 5.91. The van der Waals surface area contributed by atoms with E-state index in [9.17, 15) is 9.59 Å². The number of nitrogens with one attached hydrogen (secondary N) is 2. The number of pyridine rings is 1. The molecule has 126 valence electrons. The normalized spacial score (nSPS) is 11.2. The minimum atomic E-state index is -0.220. The zero-order valence-corrected chi connectivity index (χ0v) is 14.6. The molecule has 0 saturated heterocycles. The van der Waals surface area contributed by atoms with Gasteiger partial charge in [0.1, 0.15) is 0 Å². The molecular formula is C20H24N2O2. The molecule has 24 heavy (non-hydrogen) atoms. The molecule has 1 heterocycles. The van der Waals surface area contributed by atoms with Crippen molar-refractivity contribution in [2.75, 3.05) is 0 Å². The summed E-state index contributed by atoms with van der Waals surface area (Å²) in [5, 5.41) is 2.75. The number of hydrogen-bond donors (Lipinski definition) is 2. The molecule has 1 aromatic carbocycles. The van der Waals surface area contributed by atoms with Gasteiger partial charge in [-0.15, -0.1) is 0 Å². The number of aromatic nitrogens is 1. The van der Waals surface area contributed by atoms with Crippen LogP contribution in [-0.4, -0.2) is 10.9 Å². The molecule has 2 aromatic rings. The van der Waals surface area contributed by atoms with Gasteiger partial charge in [-0.2, -0.15) is 0 Å². The third-order valence-corrected chi connectivity index (χ3v) is 3.96. The number of H-pyrrole nitrogens is 1. The van der Waals surface area contributed by atoms with Gasteiger partial charge in [-0.1, -0.05) is 38.1 Å². The first-order valence-electron chi connectivity index (χ1n) is 8.12. The molecule has 1 aromatic heterocycles. The highest BCUT2D eigenvalue weighted by Crippen LogP contribution is 2.15. The van der Waals surface area contributed by atoms with E-state index in [1.165, 1.54) is 11.6 Å². The highest BCUT2D eigenvalue weighted by Gasteiger charge is 2.06. The number of benzene rings is 1. The third kappa shape index (κ3) is 4.69. The number of aromatic amines is 1. The fourth-order valence-corrected chi connectivity index (χ4v) is 2.50. The van der Waals surface area contributed by atoms with Crippen LogP contribution in [0.1, 0.15) is 47.7 Å². The van der Waals surface area contributed by atoms with Crippen LogP contribution in [0.2, 0.25) is 0 Å². The molecule has 0 aliphatic rings. The van der Waals surface area contributed by atoms with Crippen LogP contribution in [0.4, 0.5) is 0 Å². The number of carbonyl (C=O) groups excluding carboxylic acids is 1. The van der Waals surface area contributed by atoms with Crippen LogP contribution in [0.15, 0.2) is 41.2 Å². The van der Waals surface area contributed by atoms with E-state index in [1.807, 2.05) is 32.0 Å². The summed E-state index contributed by atoms with van der Waals surface area (Å²) in [4.78, 5) is 26.6. The van der Waals surface area contributed by atoms with Crippen molar-refractivity contribution in [3.05, 3.63) is 74.7 Å². The third-order valence-electron chi connectivity index (χ3n) is 3.96. The number of rotatable bonds is 5. The summed E-state index contributed by atoms with van der Waals surface area (Å²) < 4.78 is 0. The highest BCUT2D eigenvalue weighted by atomic mass is 16.1. The molecule has 0 fully saturated rings. The van der Waals surface area contributed by atoms with Crippen molar-refractivity contribution in [1.29, 1.82) is 0 Å². The predicted octanol–water partition coefficient (Wildman–Crippen LogP) is 3.44. The van der Waals surface area contributed by atoms with E-state index in [2.05, 4.69) is 36.3 Å². The molecule has 0 aliphatic carbocycles. The smallest absolute Gasteiger partial charge is 0.253 e. The summed E-state index contributed by atoms with van der Waals surface area (Å²) >= 11 is 0. The Balaban J connectivity index is 1.97. The largest absolute Gasteiger partial charge is 0.348 e. The van der Waals surface area contributed by atoms with Crippen molar-refractivity contribution in [1.82, 2.24) is 10.3 Å². The maximum Gasteiger partial charge on any atom is 0.253 e. The van der Waals surface area contributed by atoms with Crippen LogP contribution in [0.5, 0.6) is 0 Å². The van der Waals surface area contributed by atoms with Gasteiger partial charge in [0, 0.05) is 23.9 Å². The fraction of sp³-hybridized carbons (Fsp3) is 0.300. The van der Waals surface area contributed by atoms with Gasteiger partial charge in [0.05, 0.1) is 0 Å². The van der Waals surface area contributed by atoms with E-state index in [0.29, 0.717) is 11.5 Å². The van der Waals surface area contributed by atoms with E-state index >= 15 is 0 Å². The summed E-state index contributed by atoms with van der Waals surface area (Å²) in [6, 6.07) is 10.0. The quantitative estimate of drug-likeness (QED) is 0.828. The van der Waals surface area contributed by atoms with Gasteiger partial charge >= 0.3 is 0 Å². The predicted molar refractivity (Wildman–Crippen MR) is 97.9 cm³/mol. The molecule has 2 N–H and O–H groups in total. The second-order valence-electron chi connectivity index (χ2n) is 6.32. The Bertz CT molecular complexity index is 799. The van der Waals surface area contributed by atoms with Crippen LogP contribution in [0.3, 0.4) is 0 Å². The average Bonchev–Trinajstić information content (AvgIpc) is 2.52. The Morgan fingerprint density at radius 3 is 2.46 bits per heavy atom. The maximum absolute atomic E-state index is 11.9. The SMILES string of the molecule is Cc1cc(C)c(CNC(=O)/C=C/c2ccc(C(C)C)cc2)c(=O)[nH]1. The molecule has 0 atom stereocenters. The molecule has 2 rings (SSSR count). The van der Waals surface area contributed by atoms with Crippen molar-refractivity contribution in [2.45, 2.75) is 40.2 Å². The Morgan fingerprint density at radius 1 is 1.21 bits per heavy atom. The lowest BCUT2D eigenvalue weighted by molar-refractivity contribution is -0.116. The van der Waals surface area contributed by atoms with Gasteiger partial charge < -0.3 is 10.3 Å². The fourth-order valence-electron chi connectivity index (χ4n) is 2.50. The molecule has 1 amide bonds. The Morgan fingerprint density at radius 2 is 1.88 bits per heavy atom. The molecule has 0 spiro atoms. The molecule has 0 aliphatic heterocycles. The minimum absolute atomic E-state index is 0.152. The van der Waals surface area contributed by atoms with E-state index < -0.39 is 0 Å². The number of carbonyl (C=O) groups is 1. The summed E-state index contributed by atoms with van der Waals surface area (Å²) in [7, 11) is 0. The van der Waals surface area contributed by atoms with Crippen LogP contribution >= 0.6 is 0 Å². The average molecular weight is 324 g/mol. The van der Waals surface area contributed by atoms with E-state index in [0.717, 1.165) is 16.8 Å². The second-order valence-corrected chi connectivity index (χ2v) is 6.32. The first-order chi connectivity index (χ1) is 11.4. The molecule has 4 heteroatoms. The lowest BCUT2D eigenvalue weighted by atomic mass is 10.0. The summed E-state index contributed by atoms with van der Waals surface area (Å²) in [5.41, 5.74) is 4.37. The van der Waals surface area contributed by atoms with Crippen LogP contribution in [0, 0.1) is 13.8 Å². The summed E-state index contributed by atoms with van der Waals surface area (Å²) in [5.74, 6) is 0.268. The van der Waals surface area contributed by atoms with Gasteiger partial charge in [0.25, 0.3) is 5.56 Å². The topological polar surface area (TPSA) is 62.0 Å². The zero-order valence-electron chi connectivity index (χ0n) is 14.6. The van der Waals surface area contributed by atoms with Crippen molar-refractivity contribution in [2.24, 2.45) is 0 Å². The number of aryl methyl sites for hydroxylation is 2. The first-order valence-corrected chi connectivity index (χ1v) is 8.12. The maximum atomic E-state index is 11.9. The molecule has 0 unspecified atom stereocenters. The monoisotopic (exact) mass is 324 g/mol. The molecule has 0 saturated carbocycles. The van der Waals surface area contributed by atoms with Crippen LogP contribution in [-0.2, 0) is 11.3 Å². The van der Waals surface area contributed by atoms with Crippen molar-refractivity contribution in [3.63, 3.8) is 0 Å². The molecule has 4 nitrogen and oxygen atoms in total. The number of hydrogen-bond acceptors (Lipinski definition) is 2. The van der Waals surface area contributed by atoms with Gasteiger partial charge in [-0.25, -0.2) is 0 Å². The zero-order chi connectivity index (χ0) is 17.7.